The number of benzene rings is 4. The topological polar surface area (TPSA) is 226 Å². The van der Waals surface area contributed by atoms with Gasteiger partial charge in [0.15, 0.2) is 23.1 Å². The van der Waals surface area contributed by atoms with Gasteiger partial charge in [0.2, 0.25) is 0 Å². The van der Waals surface area contributed by atoms with Gasteiger partial charge in [0.25, 0.3) is 0 Å². The van der Waals surface area contributed by atoms with Gasteiger partial charge in [0, 0.05) is 65.6 Å². The van der Waals surface area contributed by atoms with Gasteiger partial charge in [0.1, 0.15) is 0 Å². The summed E-state index contributed by atoms with van der Waals surface area (Å²) in [6.45, 7) is 21.0. The van der Waals surface area contributed by atoms with Gasteiger partial charge in [-0.2, -0.15) is 0 Å². The van der Waals surface area contributed by atoms with Gasteiger partial charge in [-0.15, -0.1) is 23.0 Å². The number of hydrogen-bond donors (Lipinski definition) is 2. The molecular formula is C40H44MoN2O10-6. The van der Waals surface area contributed by atoms with Crippen LogP contribution < -0.4 is 30.2 Å². The molecule has 0 atom stereocenters. The Hall–Kier alpha value is -4.71. The Morgan fingerprint density at radius 3 is 0.868 bits per heavy atom. The molecule has 12 nitrogen and oxygen atoms in total. The molecule has 0 saturated carbocycles. The van der Waals surface area contributed by atoms with Crippen molar-refractivity contribution in [1.82, 2.24) is 0 Å². The largest absolute Gasteiger partial charge is 2.00 e. The molecule has 0 aromatic heterocycles. The molecule has 0 amide bonds. The van der Waals surface area contributed by atoms with E-state index in [9.17, 15) is 39.6 Å². The molecule has 0 unspecified atom stereocenters. The molecule has 53 heavy (non-hydrogen) atoms. The van der Waals surface area contributed by atoms with Crippen LogP contribution in [0.15, 0.2) is 72.8 Å². The Morgan fingerprint density at radius 2 is 0.642 bits per heavy atom. The van der Waals surface area contributed by atoms with Crippen LogP contribution in [-0.4, -0.2) is 62.4 Å². The zero-order chi connectivity index (χ0) is 37.1. The molecule has 2 aliphatic carbocycles. The molecule has 0 saturated heterocycles. The summed E-state index contributed by atoms with van der Waals surface area (Å²) in [5.41, 5.74) is 0.334. The summed E-state index contributed by atoms with van der Waals surface area (Å²) in [4.78, 5) is 51.9. The number of carbonyl (C=O) groups excluding carboxylic acids is 4. The van der Waals surface area contributed by atoms with Crippen molar-refractivity contribution in [2.75, 3.05) is 39.3 Å². The van der Waals surface area contributed by atoms with E-state index in [1.54, 1.807) is 34.1 Å². The van der Waals surface area contributed by atoms with E-state index in [-0.39, 0.29) is 76.5 Å². The first-order chi connectivity index (χ1) is 23.9. The predicted molar refractivity (Wildman–Crippen MR) is 184 cm³/mol. The van der Waals surface area contributed by atoms with E-state index >= 15 is 0 Å². The molecule has 2 N–H and O–H groups in total. The Bertz CT molecular complexity index is 1720. The van der Waals surface area contributed by atoms with E-state index < -0.39 is 46.1 Å². The molecule has 2 aliphatic rings. The fraction of sp³-hybridized carbons (Fsp3) is 0.300. The molecule has 0 aliphatic heterocycles. The van der Waals surface area contributed by atoms with Gasteiger partial charge in [-0.05, 0) is 41.5 Å². The van der Waals surface area contributed by atoms with Crippen LogP contribution in [0, 0.1) is 0 Å². The second kappa shape index (κ2) is 22.4. The summed E-state index contributed by atoms with van der Waals surface area (Å²) in [5.74, 6) is -5.23. The number of quaternary nitrogens is 2. The molecule has 286 valence electrons. The van der Waals surface area contributed by atoms with Crippen molar-refractivity contribution in [2.24, 2.45) is 0 Å². The summed E-state index contributed by atoms with van der Waals surface area (Å²) < 4.78 is 0. The Balaban J connectivity index is 0.000000730. The fourth-order valence-electron chi connectivity index (χ4n) is 5.77. The van der Waals surface area contributed by atoms with E-state index in [0.717, 1.165) is 12.1 Å². The summed E-state index contributed by atoms with van der Waals surface area (Å²) in [6.07, 6.45) is 0. The van der Waals surface area contributed by atoms with E-state index in [0.29, 0.717) is 0 Å². The first-order valence-electron chi connectivity index (χ1n) is 17.0. The zero-order valence-electron chi connectivity index (χ0n) is 30.7. The molecule has 0 fully saturated rings. The van der Waals surface area contributed by atoms with Crippen LogP contribution >= 0.6 is 0 Å². The molecule has 4 aromatic carbocycles. The Morgan fingerprint density at radius 1 is 0.396 bits per heavy atom. The summed E-state index contributed by atoms with van der Waals surface area (Å²) in [5, 5.41) is 45.9. The summed E-state index contributed by atoms with van der Waals surface area (Å²) in [7, 11) is 0. The van der Waals surface area contributed by atoms with Crippen LogP contribution in [0.4, 0.5) is 0 Å². The van der Waals surface area contributed by atoms with Crippen molar-refractivity contribution in [3.05, 3.63) is 117 Å². The number of fused-ring (bicyclic) bond motifs is 4. The SMILES string of the molecule is CC[NH+](CC)CC.CC[NH+](CC)CC.O=C1c2ccccc2C(=O)c2c1ccc([O-])c2[O-].O=C1c2ccccc2C(=O)c2c1ccc([O-])c2[O-].[Mo].[O-2].[O-2]. The maximum Gasteiger partial charge on any atom is 0.194 e. The maximum atomic E-state index is 12.1. The monoisotopic (exact) mass is 810 g/mol. The minimum Gasteiger partial charge on any atom is -2.00 e. The number of carbonyl (C=O) groups is 4. The van der Waals surface area contributed by atoms with Crippen molar-refractivity contribution in [2.45, 2.75) is 41.5 Å². The first-order valence-corrected chi connectivity index (χ1v) is 17.0. The molecule has 0 radical (unpaired) electrons. The van der Waals surface area contributed by atoms with Crippen molar-refractivity contribution >= 4 is 23.1 Å². The van der Waals surface area contributed by atoms with Gasteiger partial charge in [-0.1, -0.05) is 72.8 Å². The van der Waals surface area contributed by atoms with E-state index in [4.69, 9.17) is 0 Å². The van der Waals surface area contributed by atoms with Crippen LogP contribution in [-0.2, 0) is 32.0 Å². The molecule has 0 heterocycles. The van der Waals surface area contributed by atoms with Crippen LogP contribution in [0.2, 0.25) is 0 Å². The molecule has 13 heteroatoms. The fourth-order valence-corrected chi connectivity index (χ4v) is 5.77. The first kappa shape index (κ1) is 48.3. The van der Waals surface area contributed by atoms with Crippen molar-refractivity contribution in [3.63, 3.8) is 0 Å². The van der Waals surface area contributed by atoms with E-state index in [1.807, 2.05) is 0 Å². The summed E-state index contributed by atoms with van der Waals surface area (Å²) >= 11 is 0. The van der Waals surface area contributed by atoms with Crippen molar-refractivity contribution in [3.8, 4) is 23.0 Å². The number of hydrogen-bond acceptors (Lipinski definition) is 8. The van der Waals surface area contributed by atoms with Crippen LogP contribution in [0.3, 0.4) is 0 Å². The van der Waals surface area contributed by atoms with E-state index in [2.05, 4.69) is 41.5 Å². The second-order valence-corrected chi connectivity index (χ2v) is 11.7. The zero-order valence-corrected chi connectivity index (χ0v) is 32.7. The Kier molecular flexibility index (Phi) is 20.4. The molecular weight excluding hydrogens is 764 g/mol. The van der Waals surface area contributed by atoms with Crippen LogP contribution in [0.25, 0.3) is 0 Å². The normalized spacial score (nSPS) is 11.6. The average molecular weight is 809 g/mol. The molecule has 0 bridgehead atoms. The molecule has 4 aromatic rings. The minimum atomic E-state index is -0.902. The summed E-state index contributed by atoms with van der Waals surface area (Å²) in [6, 6.07) is 17.1. The molecule has 0 spiro atoms. The third-order valence-corrected chi connectivity index (χ3v) is 9.02. The number of rotatable bonds is 6. The van der Waals surface area contributed by atoms with E-state index in [1.165, 1.54) is 75.7 Å². The maximum absolute atomic E-state index is 12.1. The van der Waals surface area contributed by atoms with Gasteiger partial charge in [0.05, 0.1) is 39.3 Å². The van der Waals surface area contributed by atoms with Gasteiger partial charge >= 0.3 is 0 Å². The second-order valence-electron chi connectivity index (χ2n) is 11.7. The van der Waals surface area contributed by atoms with Gasteiger partial charge in [-0.25, -0.2) is 0 Å². The predicted octanol–water partition coefficient (Wildman–Crippen LogP) is 0.840. The van der Waals surface area contributed by atoms with Gasteiger partial charge < -0.3 is 41.2 Å². The standard InChI is InChI=1S/2C14H8O4.2C6H15N.Mo.2O/c2*15-10-6-5-9-11(14(10)18)13(17)8-4-2-1-3-7(8)12(9)16;2*1-4-7(5-2)6-3;;;/h2*1-6,15,18H;2*4-6H2,1-3H3;;;/q;;;;;2*-2/p-2. The van der Waals surface area contributed by atoms with Crippen molar-refractivity contribution in [1.29, 1.82) is 0 Å². The molecule has 6 rings (SSSR count). The number of nitrogens with one attached hydrogen (secondary N) is 2. The number of ketones is 4. The Labute approximate surface area is 324 Å². The quantitative estimate of drug-likeness (QED) is 0.229. The average Bonchev–Trinajstić information content (AvgIpc) is 3.14. The van der Waals surface area contributed by atoms with Crippen molar-refractivity contribution < 1.29 is 81.4 Å². The third-order valence-electron chi connectivity index (χ3n) is 9.02. The van der Waals surface area contributed by atoms with Crippen LogP contribution in [0.1, 0.15) is 105 Å². The van der Waals surface area contributed by atoms with Crippen LogP contribution in [0.5, 0.6) is 23.0 Å². The third kappa shape index (κ3) is 10.7. The smallest absolute Gasteiger partial charge is 0.194 e. The minimum absolute atomic E-state index is 0. The van der Waals surface area contributed by atoms with Gasteiger partial charge in [-0.3, -0.25) is 19.2 Å².